The van der Waals surface area contributed by atoms with Crippen molar-refractivity contribution in [3.05, 3.63) is 84.7 Å². The van der Waals surface area contributed by atoms with Gasteiger partial charge in [-0.25, -0.2) is 35.6 Å². The lowest BCUT2D eigenvalue weighted by Crippen LogP contribution is -2.48. The van der Waals surface area contributed by atoms with Gasteiger partial charge in [0, 0.05) is 48.8 Å². The lowest BCUT2D eigenvalue weighted by Gasteiger charge is -2.33. The predicted octanol–water partition coefficient (Wildman–Crippen LogP) is 12.9. The van der Waals surface area contributed by atoms with Crippen LogP contribution in [0, 0.1) is 69.8 Å². The minimum atomic E-state index is -3.88. The van der Waals surface area contributed by atoms with E-state index >= 15 is 8.78 Å². The van der Waals surface area contributed by atoms with Gasteiger partial charge in [0.1, 0.15) is 23.4 Å². The second kappa shape index (κ2) is 34.5. The molecule has 4 aromatic rings. The van der Waals surface area contributed by atoms with E-state index in [4.69, 9.17) is 28.4 Å². The van der Waals surface area contributed by atoms with Gasteiger partial charge in [-0.05, 0) is 215 Å². The number of aromatic nitrogens is 2. The molecule has 0 unspecified atom stereocenters. The average molecular weight is 1600 g/mol. The number of ketones is 2. The molecule has 8 aliphatic rings. The summed E-state index contributed by atoms with van der Waals surface area (Å²) in [6.45, 7) is 22.9. The summed E-state index contributed by atoms with van der Waals surface area (Å²) >= 11 is 0. The fraction of sp³-hybridized carbons (Fsp3) is 0.643. The van der Waals surface area contributed by atoms with Gasteiger partial charge in [0.15, 0.2) is 34.7 Å². The summed E-state index contributed by atoms with van der Waals surface area (Å²) in [6, 6.07) is 7.03. The Labute approximate surface area is 656 Å². The zero-order valence-corrected chi connectivity index (χ0v) is 68.3. The van der Waals surface area contributed by atoms with Gasteiger partial charge >= 0.3 is 11.9 Å². The smallest absolute Gasteiger partial charge is 0.307 e. The Morgan fingerprint density at radius 1 is 0.554 bits per heavy atom. The zero-order chi connectivity index (χ0) is 81.2. The van der Waals surface area contributed by atoms with Gasteiger partial charge in [0.05, 0.1) is 84.4 Å². The highest BCUT2D eigenvalue weighted by atomic mass is 32.2. The molecule has 0 spiro atoms. The van der Waals surface area contributed by atoms with Crippen molar-refractivity contribution in [3.63, 3.8) is 0 Å². The highest BCUT2D eigenvalue weighted by molar-refractivity contribution is 7.91. The van der Waals surface area contributed by atoms with Crippen LogP contribution in [-0.4, -0.2) is 156 Å². The van der Waals surface area contributed by atoms with E-state index in [-0.39, 0.29) is 135 Å². The maximum Gasteiger partial charge on any atom is 0.307 e. The van der Waals surface area contributed by atoms with E-state index < -0.39 is 136 Å². The van der Waals surface area contributed by atoms with E-state index in [1.54, 1.807) is 79.7 Å². The average Bonchev–Trinajstić information content (AvgIpc) is 1.57. The van der Waals surface area contributed by atoms with E-state index in [9.17, 15) is 55.2 Å². The third-order valence-electron chi connectivity index (χ3n) is 23.3. The Hall–Kier alpha value is -8.14. The summed E-state index contributed by atoms with van der Waals surface area (Å²) in [5, 5.41) is 0.785. The lowest BCUT2D eigenvalue weighted by atomic mass is 9.79. The first-order chi connectivity index (χ1) is 52.9. The zero-order valence-electron chi connectivity index (χ0n) is 66.7. The van der Waals surface area contributed by atoms with Crippen LogP contribution < -0.4 is 28.4 Å². The number of carbonyl (C=O) groups is 8. The number of nitrogens with zero attached hydrogens (tertiary/aromatic N) is 4. The number of pyridine rings is 2. The highest BCUT2D eigenvalue weighted by Gasteiger charge is 2.64. The molecule has 112 heavy (non-hydrogen) atoms. The van der Waals surface area contributed by atoms with Crippen molar-refractivity contribution in [1.82, 2.24) is 29.2 Å². The van der Waals surface area contributed by atoms with Crippen molar-refractivity contribution in [1.29, 1.82) is 0 Å². The van der Waals surface area contributed by atoms with Crippen molar-refractivity contribution in [3.8, 4) is 23.3 Å². The molecule has 6 heterocycles. The molecular weight excluding hydrogens is 1480 g/mol. The van der Waals surface area contributed by atoms with Crippen LogP contribution in [0.5, 0.6) is 23.3 Å². The van der Waals surface area contributed by atoms with Gasteiger partial charge in [-0.2, -0.15) is 0 Å². The number of rotatable bonds is 20. The van der Waals surface area contributed by atoms with E-state index in [0.29, 0.717) is 98.6 Å². The maximum atomic E-state index is 15.1. The second-order valence-electron chi connectivity index (χ2n) is 34.5. The molecule has 4 saturated carbocycles. The topological polar surface area (TPSA) is 317 Å². The van der Waals surface area contributed by atoms with Gasteiger partial charge in [0.2, 0.25) is 55.4 Å². The van der Waals surface area contributed by atoms with E-state index in [1.807, 2.05) is 38.2 Å². The minimum Gasteiger partial charge on any atom is -0.491 e. The van der Waals surface area contributed by atoms with E-state index in [1.165, 1.54) is 34.3 Å². The minimum absolute atomic E-state index is 0.0256. The highest BCUT2D eigenvalue weighted by Crippen LogP contribution is 2.59. The summed E-state index contributed by atoms with van der Waals surface area (Å²) < 4.78 is 122. The number of benzene rings is 2. The van der Waals surface area contributed by atoms with Crippen LogP contribution in [-0.2, 0) is 67.9 Å². The fourth-order valence-electron chi connectivity index (χ4n) is 16.9. The molecule has 4 aliphatic heterocycles. The maximum absolute atomic E-state index is 15.1. The third kappa shape index (κ3) is 20.3. The van der Waals surface area contributed by atoms with Crippen LogP contribution in [0.25, 0.3) is 21.5 Å². The molecule has 2 aromatic heterocycles. The van der Waals surface area contributed by atoms with Crippen molar-refractivity contribution >= 4 is 88.7 Å². The van der Waals surface area contributed by atoms with Crippen LogP contribution in [0.15, 0.2) is 73.1 Å². The second-order valence-corrected chi connectivity index (χ2v) is 38.4. The summed E-state index contributed by atoms with van der Waals surface area (Å²) in [6.07, 6.45) is 16.7. The number of hydrogen-bond donors (Lipinski definition) is 2. The summed E-state index contributed by atoms with van der Waals surface area (Å²) in [5.74, 6) is -7.07. The van der Waals surface area contributed by atoms with Crippen molar-refractivity contribution < 1.29 is 92.4 Å². The Bertz CT molecular complexity index is 4230. The fourth-order valence-corrected chi connectivity index (χ4v) is 19.7. The molecule has 4 amide bonds. The number of hydrogen-bond acceptors (Lipinski definition) is 20. The lowest BCUT2D eigenvalue weighted by molar-refractivity contribution is -0.160. The van der Waals surface area contributed by atoms with Gasteiger partial charge in [-0.3, -0.25) is 47.8 Å². The summed E-state index contributed by atoms with van der Waals surface area (Å²) in [7, 11) is -7.76. The third-order valence-corrected chi connectivity index (χ3v) is 27.0. The molecule has 612 valence electrons. The molecule has 2 aromatic carbocycles. The number of Topliss-reactive ketones (excluding diaryl/α,β-unsaturated/α-hetero) is 2. The summed E-state index contributed by atoms with van der Waals surface area (Å²) in [5.41, 5.74) is -4.12. The Balaban J connectivity index is 0.000000221. The Morgan fingerprint density at radius 3 is 1.27 bits per heavy atom. The Morgan fingerprint density at radius 2 is 0.929 bits per heavy atom. The largest absolute Gasteiger partial charge is 0.491 e. The number of esters is 2. The van der Waals surface area contributed by atoms with E-state index in [0.717, 1.165) is 12.8 Å². The number of fused-ring (bicyclic) bond motifs is 6. The van der Waals surface area contributed by atoms with Crippen molar-refractivity contribution in [2.45, 2.75) is 257 Å². The number of carbonyl (C=O) groups excluding carboxylic acids is 8. The SMILES string of the molecule is CCOc1cc2ccnc(O[C@@H]3C[C@H]4C(=O)C[C@]5(C(=O)NS(=O)(=O)C6CC6)C[C@H]5/C=C\CC[C@@H](C)C[C@@H](CC)[C@H](CC(=O)OC(C)(C)C)C(=O)N4C3)c2cc1F.CCOc1cc2ccnc(O[C@@H]3C[C@H]4C(=O)C[C@]5(C(=O)NS(=O)(=O)C6CC6)C[C@H]5/C=C\CC[C@H](C)C[C@@H](CC)[C@H](CC(=O)OC(C)(C)C)C(=O)N4C3)c2cc1F. The normalized spacial score (nSPS) is 29.4. The number of sulfonamides is 2. The molecule has 2 saturated heterocycles. The van der Waals surface area contributed by atoms with Crippen LogP contribution in [0.2, 0.25) is 0 Å². The predicted molar refractivity (Wildman–Crippen MR) is 415 cm³/mol. The molecular formula is C84H112F2N6O18S2. The molecule has 2 N–H and O–H groups in total. The summed E-state index contributed by atoms with van der Waals surface area (Å²) in [4.78, 5) is 126. The van der Waals surface area contributed by atoms with Crippen LogP contribution in [0.4, 0.5) is 8.78 Å². The van der Waals surface area contributed by atoms with Crippen molar-refractivity contribution in [2.24, 2.45) is 58.2 Å². The Kier molecular flexibility index (Phi) is 26.1. The molecule has 14 atom stereocenters. The first kappa shape index (κ1) is 84.8. The quantitative estimate of drug-likeness (QED) is 0.0613. The number of amides is 4. The molecule has 24 nitrogen and oxygen atoms in total. The standard InChI is InChI=1S/2C42H56FN3O9S/c2*1-7-26-17-25(3)11-9-10-12-28-22-42(28,40(50)45-56(51,52)30-13-14-30)23-35(47)34-19-29(24-46(34)39(49)32(26)21-37(48)55-41(4,5)6)54-38-31-20-33(43)36(53-8-2)18-27(31)15-16-44-38/h2*10,12,15-16,18,20,25-26,28-30,32,34H,7-9,11,13-14,17,19,21-24H2,1-6H3,(H,45,50)/b2*12-10-/t25-,26+,28+,29+,32-,34-,42+;25-,26-,28-,29-,32+,34+,42-/m01/s1. The van der Waals surface area contributed by atoms with Gasteiger partial charge in [0.25, 0.3) is 0 Å². The number of ether oxygens (including phenoxy) is 6. The van der Waals surface area contributed by atoms with Crippen LogP contribution in [0.1, 0.15) is 212 Å². The monoisotopic (exact) mass is 1590 g/mol. The van der Waals surface area contributed by atoms with E-state index in [2.05, 4.69) is 33.3 Å². The van der Waals surface area contributed by atoms with Crippen LogP contribution in [0.3, 0.4) is 0 Å². The number of halogens is 2. The van der Waals surface area contributed by atoms with Gasteiger partial charge in [-0.1, -0.05) is 64.8 Å². The molecule has 0 radical (unpaired) electrons. The number of nitrogens with one attached hydrogen (secondary N) is 2. The first-order valence-corrected chi connectivity index (χ1v) is 43.3. The van der Waals surface area contributed by atoms with Crippen molar-refractivity contribution in [2.75, 3.05) is 26.3 Å². The molecule has 0 bridgehead atoms. The molecule has 28 heteroatoms. The van der Waals surface area contributed by atoms with Gasteiger partial charge < -0.3 is 38.2 Å². The van der Waals surface area contributed by atoms with Gasteiger partial charge in [-0.15, -0.1) is 0 Å². The molecule has 4 aliphatic carbocycles. The first-order valence-electron chi connectivity index (χ1n) is 40.2. The molecule has 6 fully saturated rings. The van der Waals surface area contributed by atoms with Crippen LogP contribution >= 0.6 is 0 Å². The molecule has 12 rings (SSSR count). The number of allylic oxidation sites excluding steroid dienone is 4.